The number of halogens is 3. The number of sulfonamides is 1. The van der Waals surface area contributed by atoms with Crippen LogP contribution in [0, 0.1) is 0 Å². The molecule has 0 unspecified atom stereocenters. The summed E-state index contributed by atoms with van der Waals surface area (Å²) in [6.07, 6.45) is 1.45. The number of aromatic nitrogens is 1. The van der Waals surface area contributed by atoms with Crippen molar-refractivity contribution in [2.75, 3.05) is 4.72 Å². The molecular formula is C18H13Cl3N2O3S. The van der Waals surface area contributed by atoms with Crippen molar-refractivity contribution in [1.29, 1.82) is 0 Å². The smallest absolute Gasteiger partial charge is 0.264 e. The number of rotatable bonds is 6. The molecule has 0 aliphatic rings. The van der Waals surface area contributed by atoms with Crippen molar-refractivity contribution in [3.63, 3.8) is 0 Å². The van der Waals surface area contributed by atoms with Gasteiger partial charge in [0, 0.05) is 6.20 Å². The van der Waals surface area contributed by atoms with E-state index in [9.17, 15) is 8.42 Å². The van der Waals surface area contributed by atoms with Crippen molar-refractivity contribution in [2.24, 2.45) is 0 Å². The van der Waals surface area contributed by atoms with E-state index in [2.05, 4.69) is 9.71 Å². The molecule has 0 saturated carbocycles. The maximum atomic E-state index is 12.6. The Labute approximate surface area is 171 Å². The van der Waals surface area contributed by atoms with Gasteiger partial charge in [0.1, 0.15) is 11.5 Å². The first-order valence-electron chi connectivity index (χ1n) is 7.66. The molecule has 0 atom stereocenters. The molecule has 0 saturated heterocycles. The highest BCUT2D eigenvalue weighted by atomic mass is 35.5. The van der Waals surface area contributed by atoms with Gasteiger partial charge in [0.15, 0.2) is 11.6 Å². The monoisotopic (exact) mass is 442 g/mol. The van der Waals surface area contributed by atoms with E-state index in [1.54, 1.807) is 42.5 Å². The maximum Gasteiger partial charge on any atom is 0.264 e. The van der Waals surface area contributed by atoms with Crippen molar-refractivity contribution < 1.29 is 13.2 Å². The van der Waals surface area contributed by atoms with Gasteiger partial charge >= 0.3 is 0 Å². The van der Waals surface area contributed by atoms with Crippen LogP contribution in [0.1, 0.15) is 5.56 Å². The Bertz CT molecular complexity index is 1070. The van der Waals surface area contributed by atoms with E-state index in [0.717, 1.165) is 5.56 Å². The molecule has 9 heteroatoms. The van der Waals surface area contributed by atoms with Crippen molar-refractivity contribution in [3.05, 3.63) is 81.4 Å². The number of nitrogens with zero attached hydrogens (tertiary/aromatic N) is 1. The zero-order chi connectivity index (χ0) is 19.4. The summed E-state index contributed by atoms with van der Waals surface area (Å²) in [4.78, 5) is 4.01. The fraction of sp³-hybridized carbons (Fsp3) is 0.0556. The van der Waals surface area contributed by atoms with Crippen molar-refractivity contribution >= 4 is 50.6 Å². The first kappa shape index (κ1) is 19.8. The van der Waals surface area contributed by atoms with Gasteiger partial charge in [-0.1, -0.05) is 53.0 Å². The van der Waals surface area contributed by atoms with E-state index in [1.165, 1.54) is 18.3 Å². The van der Waals surface area contributed by atoms with Crippen molar-refractivity contribution in [1.82, 2.24) is 4.98 Å². The maximum absolute atomic E-state index is 12.6. The summed E-state index contributed by atoms with van der Waals surface area (Å²) in [6, 6.07) is 14.5. The molecule has 5 nitrogen and oxygen atoms in total. The van der Waals surface area contributed by atoms with Crippen LogP contribution in [0.15, 0.2) is 65.7 Å². The van der Waals surface area contributed by atoms with Crippen molar-refractivity contribution in [3.8, 4) is 5.75 Å². The molecule has 0 radical (unpaired) electrons. The summed E-state index contributed by atoms with van der Waals surface area (Å²) in [6.45, 7) is 0.156. The molecule has 0 spiro atoms. The van der Waals surface area contributed by atoms with E-state index < -0.39 is 10.0 Å². The predicted octanol–water partition coefficient (Wildman–Crippen LogP) is 5.42. The van der Waals surface area contributed by atoms with Crippen LogP contribution in [0.3, 0.4) is 0 Å². The third kappa shape index (κ3) is 4.84. The molecule has 0 fully saturated rings. The summed E-state index contributed by atoms with van der Waals surface area (Å²) >= 11 is 17.9. The van der Waals surface area contributed by atoms with Gasteiger partial charge in [-0.05, 0) is 42.0 Å². The van der Waals surface area contributed by atoms with Crippen LogP contribution in [0.5, 0.6) is 5.75 Å². The normalized spacial score (nSPS) is 11.2. The van der Waals surface area contributed by atoms with Crippen LogP contribution < -0.4 is 9.46 Å². The fourth-order valence-corrected chi connectivity index (χ4v) is 4.08. The largest absolute Gasteiger partial charge is 0.485 e. The van der Waals surface area contributed by atoms with Gasteiger partial charge in [-0.15, -0.1) is 0 Å². The third-order valence-corrected chi connectivity index (χ3v) is 6.08. The van der Waals surface area contributed by atoms with Gasteiger partial charge < -0.3 is 4.74 Å². The van der Waals surface area contributed by atoms with Crippen LogP contribution >= 0.6 is 34.8 Å². The van der Waals surface area contributed by atoms with Gasteiger partial charge in [-0.25, -0.2) is 13.4 Å². The molecule has 0 aliphatic heterocycles. The lowest BCUT2D eigenvalue weighted by molar-refractivity contribution is 0.307. The highest BCUT2D eigenvalue weighted by Crippen LogP contribution is 2.28. The molecule has 0 aliphatic carbocycles. The molecule has 1 aromatic heterocycles. The SMILES string of the molecule is O=S(=O)(Nc1ncccc1OCc1ccc(Cl)c(Cl)c1)c1ccccc1Cl. The lowest BCUT2D eigenvalue weighted by Gasteiger charge is -2.13. The predicted molar refractivity (Wildman–Crippen MR) is 107 cm³/mol. The minimum absolute atomic E-state index is 0.0484. The number of anilines is 1. The van der Waals surface area contributed by atoms with Gasteiger partial charge in [-0.2, -0.15) is 0 Å². The Hall–Kier alpha value is -1.99. The molecule has 3 aromatic rings. The second kappa shape index (κ2) is 8.35. The minimum atomic E-state index is -3.92. The summed E-state index contributed by atoms with van der Waals surface area (Å²) in [7, 11) is -3.92. The number of hydrogen-bond acceptors (Lipinski definition) is 4. The molecule has 1 N–H and O–H groups in total. The second-order valence-electron chi connectivity index (χ2n) is 5.42. The Balaban J connectivity index is 1.82. The zero-order valence-corrected chi connectivity index (χ0v) is 16.8. The zero-order valence-electron chi connectivity index (χ0n) is 13.7. The van der Waals surface area contributed by atoms with Crippen LogP contribution in [-0.2, 0) is 16.6 Å². The lowest BCUT2D eigenvalue weighted by atomic mass is 10.2. The van der Waals surface area contributed by atoms with Gasteiger partial charge in [-0.3, -0.25) is 4.72 Å². The Kier molecular flexibility index (Phi) is 6.11. The molecule has 3 rings (SSSR count). The lowest BCUT2D eigenvalue weighted by Crippen LogP contribution is -2.15. The average Bonchev–Trinajstić information content (AvgIpc) is 2.64. The average molecular weight is 444 g/mol. The number of hydrogen-bond donors (Lipinski definition) is 1. The number of nitrogens with one attached hydrogen (secondary N) is 1. The molecular weight excluding hydrogens is 431 g/mol. The van der Waals surface area contributed by atoms with E-state index >= 15 is 0 Å². The topological polar surface area (TPSA) is 68.3 Å². The Morgan fingerprint density at radius 2 is 1.70 bits per heavy atom. The molecule has 0 amide bonds. The highest BCUT2D eigenvalue weighted by molar-refractivity contribution is 7.92. The first-order chi connectivity index (χ1) is 12.9. The first-order valence-corrected chi connectivity index (χ1v) is 10.3. The van der Waals surface area contributed by atoms with Crippen LogP contribution in [0.25, 0.3) is 0 Å². The van der Waals surface area contributed by atoms with E-state index in [1.807, 2.05) is 0 Å². The Morgan fingerprint density at radius 3 is 2.44 bits per heavy atom. The van der Waals surface area contributed by atoms with E-state index in [0.29, 0.717) is 10.0 Å². The van der Waals surface area contributed by atoms with Crippen LogP contribution in [0.4, 0.5) is 5.82 Å². The van der Waals surface area contributed by atoms with Gasteiger partial charge in [0.25, 0.3) is 10.0 Å². The third-order valence-electron chi connectivity index (χ3n) is 3.51. The number of ether oxygens (including phenoxy) is 1. The summed E-state index contributed by atoms with van der Waals surface area (Å²) < 4.78 is 33.3. The molecule has 27 heavy (non-hydrogen) atoms. The minimum Gasteiger partial charge on any atom is -0.485 e. The summed E-state index contributed by atoms with van der Waals surface area (Å²) in [5.41, 5.74) is 0.771. The summed E-state index contributed by atoms with van der Waals surface area (Å²) in [5, 5.41) is 0.956. The van der Waals surface area contributed by atoms with E-state index in [4.69, 9.17) is 39.5 Å². The fourth-order valence-electron chi connectivity index (χ4n) is 2.22. The highest BCUT2D eigenvalue weighted by Gasteiger charge is 2.20. The standard InChI is InChI=1S/C18H13Cl3N2O3S/c19-13-8-7-12(10-15(13)21)11-26-16-5-3-9-22-18(16)23-27(24,25)17-6-2-1-4-14(17)20/h1-10H,11H2,(H,22,23). The van der Waals surface area contributed by atoms with Crippen molar-refractivity contribution in [2.45, 2.75) is 11.5 Å². The van der Waals surface area contributed by atoms with Gasteiger partial charge in [0.05, 0.1) is 15.1 Å². The molecule has 140 valence electrons. The molecule has 0 bridgehead atoms. The van der Waals surface area contributed by atoms with Crippen LogP contribution in [0.2, 0.25) is 15.1 Å². The van der Waals surface area contributed by atoms with E-state index in [-0.39, 0.29) is 28.1 Å². The summed E-state index contributed by atoms with van der Waals surface area (Å²) in [5.74, 6) is 0.316. The number of benzene rings is 2. The molecule has 2 aromatic carbocycles. The van der Waals surface area contributed by atoms with Crippen LogP contribution in [-0.4, -0.2) is 13.4 Å². The number of pyridine rings is 1. The second-order valence-corrected chi connectivity index (χ2v) is 8.30. The quantitative estimate of drug-likeness (QED) is 0.552. The Morgan fingerprint density at radius 1 is 0.926 bits per heavy atom. The molecule has 1 heterocycles. The van der Waals surface area contributed by atoms with Gasteiger partial charge in [0.2, 0.25) is 0 Å².